The van der Waals surface area contributed by atoms with Crippen molar-refractivity contribution in [1.29, 1.82) is 5.26 Å². The summed E-state index contributed by atoms with van der Waals surface area (Å²) in [6.07, 6.45) is 1.89. The molecule has 0 aliphatic carbocycles. The molecule has 0 spiro atoms. The Labute approximate surface area is 112 Å². The zero-order chi connectivity index (χ0) is 13.3. The summed E-state index contributed by atoms with van der Waals surface area (Å²) < 4.78 is 13.1. The number of benzene rings is 1. The first-order valence-electron chi connectivity index (χ1n) is 6.06. The van der Waals surface area contributed by atoms with E-state index in [4.69, 9.17) is 16.9 Å². The Morgan fingerprint density at radius 2 is 2.17 bits per heavy atom. The number of hydrogen-bond donors (Lipinski definition) is 1. The fourth-order valence-corrected chi connectivity index (χ4v) is 2.57. The van der Waals surface area contributed by atoms with Crippen molar-refractivity contribution >= 4 is 11.6 Å². The second-order valence-electron chi connectivity index (χ2n) is 5.36. The molecule has 1 heterocycles. The lowest BCUT2D eigenvalue weighted by Crippen LogP contribution is -2.37. The summed E-state index contributed by atoms with van der Waals surface area (Å²) in [5.74, 6) is -0.396. The molecule has 1 fully saturated rings. The summed E-state index contributed by atoms with van der Waals surface area (Å²) in [7, 11) is 0. The Hall–Kier alpha value is -1.11. The molecule has 96 valence electrons. The largest absolute Gasteiger partial charge is 0.306 e. The third kappa shape index (κ3) is 2.50. The third-order valence-corrected chi connectivity index (χ3v) is 3.94. The van der Waals surface area contributed by atoms with Crippen LogP contribution in [0, 0.1) is 22.6 Å². The molecule has 1 unspecified atom stereocenters. The minimum absolute atomic E-state index is 0.150. The lowest BCUT2D eigenvalue weighted by atomic mass is 9.85. The van der Waals surface area contributed by atoms with Gasteiger partial charge in [-0.15, -0.1) is 0 Å². The average Bonchev–Trinajstić information content (AvgIpc) is 2.83. The van der Waals surface area contributed by atoms with E-state index >= 15 is 0 Å². The fourth-order valence-electron chi connectivity index (χ4n) is 2.38. The van der Waals surface area contributed by atoms with Crippen molar-refractivity contribution in [1.82, 2.24) is 5.32 Å². The van der Waals surface area contributed by atoms with Crippen LogP contribution in [0.3, 0.4) is 0 Å². The minimum Gasteiger partial charge on any atom is -0.306 e. The SMILES string of the molecule is CC(C)(C#N)C1CC[C@@H](c2ccc(F)c(Cl)c2)N1. The molecule has 1 aliphatic rings. The van der Waals surface area contributed by atoms with E-state index in [-0.39, 0.29) is 17.1 Å². The summed E-state index contributed by atoms with van der Waals surface area (Å²) in [6, 6.07) is 7.45. The topological polar surface area (TPSA) is 35.8 Å². The van der Waals surface area contributed by atoms with Crippen molar-refractivity contribution in [2.45, 2.75) is 38.8 Å². The van der Waals surface area contributed by atoms with Gasteiger partial charge in [0.25, 0.3) is 0 Å². The van der Waals surface area contributed by atoms with Crippen LogP contribution in [0.2, 0.25) is 5.02 Å². The van der Waals surface area contributed by atoms with E-state index in [9.17, 15) is 4.39 Å². The molecular weight excluding hydrogens is 251 g/mol. The first-order valence-corrected chi connectivity index (χ1v) is 6.44. The Morgan fingerprint density at radius 1 is 1.44 bits per heavy atom. The molecule has 2 atom stereocenters. The molecule has 0 aromatic heterocycles. The van der Waals surface area contributed by atoms with Crippen LogP contribution in [0.4, 0.5) is 4.39 Å². The van der Waals surface area contributed by atoms with Gasteiger partial charge in [0, 0.05) is 12.1 Å². The number of halogens is 2. The van der Waals surface area contributed by atoms with Gasteiger partial charge in [0.05, 0.1) is 16.5 Å². The van der Waals surface area contributed by atoms with Gasteiger partial charge in [-0.05, 0) is 44.4 Å². The smallest absolute Gasteiger partial charge is 0.141 e. The predicted octanol–water partition coefficient (Wildman–Crippen LogP) is 3.82. The monoisotopic (exact) mass is 266 g/mol. The summed E-state index contributed by atoms with van der Waals surface area (Å²) in [5, 5.41) is 12.7. The average molecular weight is 267 g/mol. The van der Waals surface area contributed by atoms with Crippen molar-refractivity contribution in [3.8, 4) is 6.07 Å². The van der Waals surface area contributed by atoms with Crippen molar-refractivity contribution in [3.63, 3.8) is 0 Å². The molecule has 0 radical (unpaired) electrons. The molecule has 1 saturated heterocycles. The maximum atomic E-state index is 13.1. The van der Waals surface area contributed by atoms with E-state index < -0.39 is 11.2 Å². The number of hydrogen-bond acceptors (Lipinski definition) is 2. The fraction of sp³-hybridized carbons (Fsp3) is 0.500. The number of nitrogens with one attached hydrogen (secondary N) is 1. The van der Waals surface area contributed by atoms with Crippen LogP contribution in [0.1, 0.15) is 38.3 Å². The Balaban J connectivity index is 2.14. The molecule has 0 saturated carbocycles. The minimum atomic E-state index is -0.396. The van der Waals surface area contributed by atoms with Crippen LogP contribution in [-0.2, 0) is 0 Å². The van der Waals surface area contributed by atoms with Crippen LogP contribution in [0.15, 0.2) is 18.2 Å². The lowest BCUT2D eigenvalue weighted by molar-refractivity contribution is 0.341. The highest BCUT2D eigenvalue weighted by molar-refractivity contribution is 6.30. The molecule has 2 rings (SSSR count). The first kappa shape index (κ1) is 13.3. The van der Waals surface area contributed by atoms with E-state index in [1.54, 1.807) is 12.1 Å². The maximum absolute atomic E-state index is 13.1. The Morgan fingerprint density at radius 3 is 2.78 bits per heavy atom. The Kier molecular flexibility index (Phi) is 3.61. The second-order valence-corrected chi connectivity index (χ2v) is 5.76. The molecule has 2 nitrogen and oxygen atoms in total. The van der Waals surface area contributed by atoms with E-state index in [0.717, 1.165) is 18.4 Å². The molecule has 0 bridgehead atoms. The number of nitrogens with zero attached hydrogens (tertiary/aromatic N) is 1. The molecule has 0 amide bonds. The molecule has 18 heavy (non-hydrogen) atoms. The first-order chi connectivity index (χ1) is 8.44. The van der Waals surface area contributed by atoms with Crippen LogP contribution in [0.5, 0.6) is 0 Å². The van der Waals surface area contributed by atoms with E-state index in [2.05, 4.69) is 11.4 Å². The lowest BCUT2D eigenvalue weighted by Gasteiger charge is -2.25. The quantitative estimate of drug-likeness (QED) is 0.883. The summed E-state index contributed by atoms with van der Waals surface area (Å²) in [5.41, 5.74) is 0.594. The maximum Gasteiger partial charge on any atom is 0.141 e. The molecule has 1 N–H and O–H groups in total. The van der Waals surface area contributed by atoms with Crippen molar-refractivity contribution in [3.05, 3.63) is 34.6 Å². The van der Waals surface area contributed by atoms with Gasteiger partial charge in [-0.3, -0.25) is 0 Å². The van der Waals surface area contributed by atoms with Gasteiger partial charge in [0.15, 0.2) is 0 Å². The highest BCUT2D eigenvalue weighted by atomic mass is 35.5. The standard InChI is InChI=1S/C14H16ClFN2/c1-14(2,8-17)13-6-5-12(18-13)9-3-4-11(16)10(15)7-9/h3-4,7,12-13,18H,5-6H2,1-2H3/t12-,13?/m0/s1. The van der Waals surface area contributed by atoms with Crippen molar-refractivity contribution in [2.75, 3.05) is 0 Å². The normalized spacial score (nSPS) is 23.9. The van der Waals surface area contributed by atoms with Crippen LogP contribution >= 0.6 is 11.6 Å². The van der Waals surface area contributed by atoms with Crippen molar-refractivity contribution < 1.29 is 4.39 Å². The van der Waals surface area contributed by atoms with Crippen molar-refractivity contribution in [2.24, 2.45) is 5.41 Å². The molecule has 1 aliphatic heterocycles. The van der Waals surface area contributed by atoms with Crippen LogP contribution < -0.4 is 5.32 Å². The summed E-state index contributed by atoms with van der Waals surface area (Å²) in [6.45, 7) is 3.87. The molecular formula is C14H16ClFN2. The van der Waals surface area contributed by atoms with E-state index in [0.29, 0.717) is 0 Å². The van der Waals surface area contributed by atoms with Gasteiger partial charge >= 0.3 is 0 Å². The van der Waals surface area contributed by atoms with Gasteiger partial charge in [-0.25, -0.2) is 4.39 Å². The molecule has 4 heteroatoms. The van der Waals surface area contributed by atoms with Gasteiger partial charge in [0.2, 0.25) is 0 Å². The van der Waals surface area contributed by atoms with Crippen LogP contribution in [-0.4, -0.2) is 6.04 Å². The molecule has 1 aromatic rings. The number of nitriles is 1. The second kappa shape index (κ2) is 4.87. The third-order valence-electron chi connectivity index (χ3n) is 3.65. The zero-order valence-electron chi connectivity index (χ0n) is 10.5. The van der Waals surface area contributed by atoms with E-state index in [1.165, 1.54) is 6.07 Å². The van der Waals surface area contributed by atoms with E-state index in [1.807, 2.05) is 13.8 Å². The van der Waals surface area contributed by atoms with Gasteiger partial charge < -0.3 is 5.32 Å². The predicted molar refractivity (Wildman–Crippen MR) is 69.7 cm³/mol. The highest BCUT2D eigenvalue weighted by Crippen LogP contribution is 2.35. The van der Waals surface area contributed by atoms with Gasteiger partial charge in [-0.2, -0.15) is 5.26 Å². The van der Waals surface area contributed by atoms with Crippen LogP contribution in [0.25, 0.3) is 0 Å². The summed E-state index contributed by atoms with van der Waals surface area (Å²) >= 11 is 5.79. The number of rotatable bonds is 2. The van der Waals surface area contributed by atoms with Gasteiger partial charge in [-0.1, -0.05) is 17.7 Å². The van der Waals surface area contributed by atoms with Gasteiger partial charge in [0.1, 0.15) is 5.82 Å². The Bertz CT molecular complexity index is 493. The highest BCUT2D eigenvalue weighted by Gasteiger charge is 2.36. The summed E-state index contributed by atoms with van der Waals surface area (Å²) in [4.78, 5) is 0. The molecule has 1 aromatic carbocycles. The zero-order valence-corrected chi connectivity index (χ0v) is 11.3.